The standard InChI is InChI=1S/C20H19BrFNO3/c21-15-8-4-7-14(18(15)22)11-16-19-17(26-19)9-10-23(16)20(24)25-12-13-5-2-1-3-6-13/h1-8,16-17,19H,9-12H2/t16?,17-,19+/m1/s1. The molecule has 0 bridgehead atoms. The van der Waals surface area contributed by atoms with Gasteiger partial charge in [0.05, 0.1) is 16.6 Å². The van der Waals surface area contributed by atoms with Gasteiger partial charge in [-0.2, -0.15) is 0 Å². The molecular formula is C20H19BrFNO3. The number of hydrogen-bond donors (Lipinski definition) is 0. The lowest BCUT2D eigenvalue weighted by molar-refractivity contribution is 0.0714. The Hall–Kier alpha value is -1.92. The van der Waals surface area contributed by atoms with Crippen LogP contribution in [0.5, 0.6) is 0 Å². The van der Waals surface area contributed by atoms with E-state index in [1.807, 2.05) is 30.3 Å². The highest BCUT2D eigenvalue weighted by Crippen LogP contribution is 2.38. The number of epoxide rings is 1. The van der Waals surface area contributed by atoms with E-state index in [0.29, 0.717) is 23.0 Å². The third-order valence-electron chi connectivity index (χ3n) is 4.96. The average molecular weight is 420 g/mol. The number of carbonyl (C=O) groups is 1. The van der Waals surface area contributed by atoms with Crippen LogP contribution in [0.2, 0.25) is 0 Å². The third-order valence-corrected chi connectivity index (χ3v) is 5.57. The number of carbonyl (C=O) groups excluding carboxylic acids is 1. The number of ether oxygens (including phenoxy) is 2. The van der Waals surface area contributed by atoms with E-state index in [1.165, 1.54) is 0 Å². The van der Waals surface area contributed by atoms with Crippen molar-refractivity contribution in [1.29, 1.82) is 0 Å². The van der Waals surface area contributed by atoms with Gasteiger partial charge in [0.25, 0.3) is 0 Å². The summed E-state index contributed by atoms with van der Waals surface area (Å²) in [4.78, 5) is 14.3. The first kappa shape index (κ1) is 17.5. The Balaban J connectivity index is 1.46. The lowest BCUT2D eigenvalue weighted by Crippen LogP contribution is -2.49. The number of rotatable bonds is 4. The maximum atomic E-state index is 14.4. The van der Waals surface area contributed by atoms with Crippen molar-refractivity contribution in [3.05, 3.63) is 69.9 Å². The van der Waals surface area contributed by atoms with E-state index < -0.39 is 0 Å². The van der Waals surface area contributed by atoms with Gasteiger partial charge in [-0.3, -0.25) is 0 Å². The van der Waals surface area contributed by atoms with E-state index in [9.17, 15) is 9.18 Å². The molecule has 0 radical (unpaired) electrons. The molecule has 2 aromatic carbocycles. The Bertz CT molecular complexity index is 801. The summed E-state index contributed by atoms with van der Waals surface area (Å²) in [6.07, 6.45) is 0.970. The van der Waals surface area contributed by atoms with E-state index in [1.54, 1.807) is 23.1 Å². The number of likely N-dealkylation sites (tertiary alicyclic amines) is 1. The van der Waals surface area contributed by atoms with Gasteiger partial charge < -0.3 is 14.4 Å². The molecule has 2 aromatic rings. The maximum absolute atomic E-state index is 14.4. The molecule has 136 valence electrons. The normalized spacial score (nSPS) is 24.1. The number of fused-ring (bicyclic) bond motifs is 1. The van der Waals surface area contributed by atoms with Crippen LogP contribution in [-0.4, -0.2) is 35.8 Å². The van der Waals surface area contributed by atoms with Crippen LogP contribution in [-0.2, 0) is 22.5 Å². The van der Waals surface area contributed by atoms with Gasteiger partial charge in [0.2, 0.25) is 0 Å². The molecule has 4 rings (SSSR count). The van der Waals surface area contributed by atoms with Gasteiger partial charge in [0.15, 0.2) is 0 Å². The maximum Gasteiger partial charge on any atom is 0.410 e. The highest BCUT2D eigenvalue weighted by atomic mass is 79.9. The Morgan fingerprint density at radius 3 is 2.85 bits per heavy atom. The molecule has 0 N–H and O–H groups in total. The molecule has 2 fully saturated rings. The summed E-state index contributed by atoms with van der Waals surface area (Å²) < 4.78 is 26.0. The summed E-state index contributed by atoms with van der Waals surface area (Å²) >= 11 is 3.22. The van der Waals surface area contributed by atoms with E-state index in [0.717, 1.165) is 12.0 Å². The van der Waals surface area contributed by atoms with Crippen LogP contribution in [0.25, 0.3) is 0 Å². The highest BCUT2D eigenvalue weighted by Gasteiger charge is 2.52. The van der Waals surface area contributed by atoms with Gasteiger partial charge in [0, 0.05) is 6.54 Å². The van der Waals surface area contributed by atoms with Gasteiger partial charge >= 0.3 is 6.09 Å². The van der Waals surface area contributed by atoms with E-state index >= 15 is 0 Å². The fourth-order valence-corrected chi connectivity index (χ4v) is 3.93. The molecule has 26 heavy (non-hydrogen) atoms. The predicted molar refractivity (Wildman–Crippen MR) is 98.2 cm³/mol. The van der Waals surface area contributed by atoms with Crippen molar-refractivity contribution in [2.75, 3.05) is 6.54 Å². The number of amides is 1. The van der Waals surface area contributed by atoms with Crippen molar-refractivity contribution >= 4 is 22.0 Å². The van der Waals surface area contributed by atoms with Crippen molar-refractivity contribution in [3.8, 4) is 0 Å². The molecule has 0 aliphatic carbocycles. The second kappa shape index (κ2) is 7.37. The molecule has 3 atom stereocenters. The van der Waals surface area contributed by atoms with Crippen LogP contribution in [0.15, 0.2) is 53.0 Å². The lowest BCUT2D eigenvalue weighted by Gasteiger charge is -2.33. The molecule has 0 aromatic heterocycles. The number of hydrogen-bond acceptors (Lipinski definition) is 3. The highest BCUT2D eigenvalue weighted by molar-refractivity contribution is 9.10. The minimum Gasteiger partial charge on any atom is -0.445 e. The van der Waals surface area contributed by atoms with Crippen LogP contribution in [0.4, 0.5) is 9.18 Å². The molecule has 0 saturated carbocycles. The topological polar surface area (TPSA) is 42.1 Å². The quantitative estimate of drug-likeness (QED) is 0.693. The van der Waals surface area contributed by atoms with Crippen LogP contribution in [0.3, 0.4) is 0 Å². The predicted octanol–water partition coefficient (Wildman–Crippen LogP) is 4.31. The Morgan fingerprint density at radius 1 is 1.23 bits per heavy atom. The van der Waals surface area contributed by atoms with Gasteiger partial charge in [-0.05, 0) is 46.0 Å². The fourth-order valence-electron chi connectivity index (χ4n) is 3.52. The minimum absolute atomic E-state index is 0.0357. The van der Waals surface area contributed by atoms with E-state index in [2.05, 4.69) is 15.9 Å². The first-order valence-corrected chi connectivity index (χ1v) is 9.48. The second-order valence-corrected chi connectivity index (χ2v) is 7.50. The number of halogens is 2. The van der Waals surface area contributed by atoms with Gasteiger partial charge in [0.1, 0.15) is 18.5 Å². The van der Waals surface area contributed by atoms with Crippen LogP contribution in [0.1, 0.15) is 17.5 Å². The summed E-state index contributed by atoms with van der Waals surface area (Å²) in [5.41, 5.74) is 1.51. The van der Waals surface area contributed by atoms with E-state index in [-0.39, 0.29) is 36.8 Å². The van der Waals surface area contributed by atoms with Crippen LogP contribution < -0.4 is 0 Å². The van der Waals surface area contributed by atoms with Crippen molar-refractivity contribution in [2.45, 2.75) is 37.7 Å². The Kier molecular flexibility index (Phi) is 4.96. The minimum atomic E-state index is -0.372. The summed E-state index contributed by atoms with van der Waals surface area (Å²) in [5, 5.41) is 0. The molecule has 2 saturated heterocycles. The number of nitrogens with zero attached hydrogens (tertiary/aromatic N) is 1. The van der Waals surface area contributed by atoms with Crippen molar-refractivity contribution in [3.63, 3.8) is 0 Å². The number of piperidine rings is 1. The van der Waals surface area contributed by atoms with E-state index in [4.69, 9.17) is 9.47 Å². The first-order chi connectivity index (χ1) is 12.6. The summed E-state index contributed by atoms with van der Waals surface area (Å²) in [6.45, 7) is 0.790. The zero-order valence-corrected chi connectivity index (χ0v) is 15.7. The molecule has 2 aliphatic heterocycles. The third kappa shape index (κ3) is 3.62. The molecular weight excluding hydrogens is 401 g/mol. The van der Waals surface area contributed by atoms with Crippen LogP contribution >= 0.6 is 15.9 Å². The average Bonchev–Trinajstić information content (AvgIpc) is 3.45. The zero-order chi connectivity index (χ0) is 18.1. The van der Waals surface area contributed by atoms with Crippen molar-refractivity contribution in [1.82, 2.24) is 4.90 Å². The molecule has 2 aliphatic rings. The SMILES string of the molecule is O=C(OCc1ccccc1)N1CC[C@H]2O[C@H]2C1Cc1cccc(Br)c1F. The summed E-state index contributed by atoms with van der Waals surface area (Å²) in [6, 6.07) is 14.6. The monoisotopic (exact) mass is 419 g/mol. The van der Waals surface area contributed by atoms with Gasteiger partial charge in [-0.1, -0.05) is 42.5 Å². The second-order valence-electron chi connectivity index (χ2n) is 6.65. The fraction of sp³-hybridized carbons (Fsp3) is 0.350. The number of benzene rings is 2. The summed E-state index contributed by atoms with van der Waals surface area (Å²) in [5.74, 6) is -0.284. The first-order valence-electron chi connectivity index (χ1n) is 8.69. The summed E-state index contributed by atoms with van der Waals surface area (Å²) in [7, 11) is 0. The van der Waals surface area contributed by atoms with Crippen LogP contribution in [0, 0.1) is 5.82 Å². The smallest absolute Gasteiger partial charge is 0.410 e. The Morgan fingerprint density at radius 2 is 2.04 bits per heavy atom. The molecule has 4 nitrogen and oxygen atoms in total. The largest absolute Gasteiger partial charge is 0.445 e. The van der Waals surface area contributed by atoms with Crippen molar-refractivity contribution in [2.24, 2.45) is 0 Å². The molecule has 1 amide bonds. The van der Waals surface area contributed by atoms with Gasteiger partial charge in [-0.15, -0.1) is 0 Å². The molecule has 1 unspecified atom stereocenters. The zero-order valence-electron chi connectivity index (χ0n) is 14.1. The Labute approximate surface area is 160 Å². The molecule has 2 heterocycles. The lowest BCUT2D eigenvalue weighted by atomic mass is 9.95. The van der Waals surface area contributed by atoms with Gasteiger partial charge in [-0.25, -0.2) is 9.18 Å². The van der Waals surface area contributed by atoms with Crippen molar-refractivity contribution < 1.29 is 18.7 Å². The molecule has 0 spiro atoms. The molecule has 6 heteroatoms.